The molecule has 2 aromatic carbocycles. The zero-order valence-corrected chi connectivity index (χ0v) is 13.1. The highest BCUT2D eigenvalue weighted by molar-refractivity contribution is 6.04. The highest BCUT2D eigenvalue weighted by Gasteiger charge is 2.19. The number of carbonyl (C=O) groups excluding carboxylic acids is 1. The lowest BCUT2D eigenvalue weighted by molar-refractivity contribution is -0.385. The van der Waals surface area contributed by atoms with Crippen molar-refractivity contribution in [2.24, 2.45) is 0 Å². The van der Waals surface area contributed by atoms with Crippen molar-refractivity contribution in [1.29, 1.82) is 0 Å². The summed E-state index contributed by atoms with van der Waals surface area (Å²) in [6, 6.07) is 9.37. The minimum Gasteiger partial charge on any atom is -0.322 e. The number of amides is 1. The first-order chi connectivity index (χ1) is 10.8. The summed E-state index contributed by atoms with van der Waals surface area (Å²) in [7, 11) is 0. The number of hydrogen-bond acceptors (Lipinski definition) is 3. The second-order valence-electron chi connectivity index (χ2n) is 5.59. The Labute approximate surface area is 133 Å². The van der Waals surface area contributed by atoms with Crippen LogP contribution in [0.3, 0.4) is 0 Å². The van der Waals surface area contributed by atoms with Crippen molar-refractivity contribution in [2.75, 3.05) is 5.32 Å². The molecule has 0 heterocycles. The molecule has 0 radical (unpaired) electrons. The van der Waals surface area contributed by atoms with Gasteiger partial charge in [-0.25, -0.2) is 4.39 Å². The van der Waals surface area contributed by atoms with E-state index in [-0.39, 0.29) is 11.1 Å². The average Bonchev–Trinajstić information content (AvgIpc) is 2.49. The maximum absolute atomic E-state index is 13.8. The van der Waals surface area contributed by atoms with Gasteiger partial charge in [-0.3, -0.25) is 14.9 Å². The number of benzene rings is 2. The van der Waals surface area contributed by atoms with E-state index in [4.69, 9.17) is 0 Å². The van der Waals surface area contributed by atoms with E-state index < -0.39 is 22.3 Å². The van der Waals surface area contributed by atoms with Gasteiger partial charge in [-0.1, -0.05) is 26.0 Å². The van der Waals surface area contributed by atoms with Gasteiger partial charge < -0.3 is 5.32 Å². The highest BCUT2D eigenvalue weighted by Crippen LogP contribution is 2.24. The molecule has 2 aromatic rings. The summed E-state index contributed by atoms with van der Waals surface area (Å²) >= 11 is 0. The van der Waals surface area contributed by atoms with Gasteiger partial charge in [0, 0.05) is 17.3 Å². The normalized spacial score (nSPS) is 10.7. The first-order valence-corrected chi connectivity index (χ1v) is 7.15. The molecule has 0 bridgehead atoms. The summed E-state index contributed by atoms with van der Waals surface area (Å²) in [6.45, 7) is 5.36. The van der Waals surface area contributed by atoms with Crippen molar-refractivity contribution in [3.05, 3.63) is 69.0 Å². The Morgan fingerprint density at radius 3 is 2.57 bits per heavy atom. The van der Waals surface area contributed by atoms with Gasteiger partial charge in [0.25, 0.3) is 11.6 Å². The number of nitrogens with one attached hydrogen (secondary N) is 1. The van der Waals surface area contributed by atoms with Gasteiger partial charge in [0.1, 0.15) is 5.82 Å². The molecule has 0 aliphatic heterocycles. The molecule has 0 saturated heterocycles. The standard InChI is InChI=1S/C17H17FN2O3/c1-10(2)12-5-4-6-14(7-12)19-17(21)13-8-15(18)11(3)16(9-13)20(22)23/h4-10H,1-3H3,(H,19,21). The molecule has 0 unspecified atom stereocenters. The molecule has 0 aliphatic rings. The van der Waals surface area contributed by atoms with Crippen molar-refractivity contribution < 1.29 is 14.1 Å². The molecule has 0 aromatic heterocycles. The topological polar surface area (TPSA) is 72.2 Å². The quantitative estimate of drug-likeness (QED) is 0.670. The van der Waals surface area contributed by atoms with E-state index in [1.165, 1.54) is 6.92 Å². The monoisotopic (exact) mass is 316 g/mol. The molecule has 1 amide bonds. The summed E-state index contributed by atoms with van der Waals surface area (Å²) in [4.78, 5) is 22.5. The number of nitro benzene ring substituents is 1. The van der Waals surface area contributed by atoms with E-state index in [0.29, 0.717) is 11.6 Å². The number of hydrogen-bond donors (Lipinski definition) is 1. The van der Waals surface area contributed by atoms with E-state index in [1.807, 2.05) is 32.0 Å². The number of carbonyl (C=O) groups is 1. The molecular weight excluding hydrogens is 299 g/mol. The molecule has 0 fully saturated rings. The van der Waals surface area contributed by atoms with Crippen LogP contribution in [-0.4, -0.2) is 10.8 Å². The van der Waals surface area contributed by atoms with Crippen LogP contribution in [0.2, 0.25) is 0 Å². The van der Waals surface area contributed by atoms with Crippen LogP contribution in [0.25, 0.3) is 0 Å². The molecule has 0 saturated carbocycles. The first-order valence-electron chi connectivity index (χ1n) is 7.15. The van der Waals surface area contributed by atoms with Crippen LogP contribution in [0.1, 0.15) is 41.3 Å². The summed E-state index contributed by atoms with van der Waals surface area (Å²) < 4.78 is 13.8. The molecule has 0 spiro atoms. The molecule has 120 valence electrons. The third-order valence-electron chi connectivity index (χ3n) is 3.59. The second-order valence-corrected chi connectivity index (χ2v) is 5.59. The van der Waals surface area contributed by atoms with E-state index in [0.717, 1.165) is 17.7 Å². The lowest BCUT2D eigenvalue weighted by atomic mass is 10.0. The van der Waals surface area contributed by atoms with Gasteiger partial charge in [0.2, 0.25) is 0 Å². The molecular formula is C17H17FN2O3. The zero-order valence-electron chi connectivity index (χ0n) is 13.1. The van der Waals surface area contributed by atoms with E-state index in [9.17, 15) is 19.3 Å². The smallest absolute Gasteiger partial charge is 0.276 e. The van der Waals surface area contributed by atoms with Gasteiger partial charge in [0.15, 0.2) is 0 Å². The Morgan fingerprint density at radius 1 is 1.26 bits per heavy atom. The number of halogens is 1. The minimum absolute atomic E-state index is 0.0882. The maximum atomic E-state index is 13.8. The Balaban J connectivity index is 2.31. The Bertz CT molecular complexity index is 772. The Kier molecular flexibility index (Phi) is 4.74. The molecule has 6 heteroatoms. The summed E-state index contributed by atoms with van der Waals surface area (Å²) in [5, 5.41) is 13.6. The molecule has 5 nitrogen and oxygen atoms in total. The van der Waals surface area contributed by atoms with Crippen LogP contribution in [0, 0.1) is 22.9 Å². The highest BCUT2D eigenvalue weighted by atomic mass is 19.1. The van der Waals surface area contributed by atoms with E-state index >= 15 is 0 Å². The lowest BCUT2D eigenvalue weighted by Gasteiger charge is -2.10. The number of rotatable bonds is 4. The molecule has 0 atom stereocenters. The molecule has 1 N–H and O–H groups in total. The largest absolute Gasteiger partial charge is 0.322 e. The third kappa shape index (κ3) is 3.71. The fraction of sp³-hybridized carbons (Fsp3) is 0.235. The van der Waals surface area contributed by atoms with Crippen molar-refractivity contribution in [1.82, 2.24) is 0 Å². The van der Waals surface area contributed by atoms with Gasteiger partial charge in [-0.15, -0.1) is 0 Å². The fourth-order valence-electron chi connectivity index (χ4n) is 2.16. The van der Waals surface area contributed by atoms with Crippen LogP contribution in [0.5, 0.6) is 0 Å². The Hall–Kier alpha value is -2.76. The summed E-state index contributed by atoms with van der Waals surface area (Å²) in [5.74, 6) is -1.07. The predicted octanol–water partition coefficient (Wildman–Crippen LogP) is 4.42. The van der Waals surface area contributed by atoms with Crippen LogP contribution in [0.4, 0.5) is 15.8 Å². The molecule has 2 rings (SSSR count). The summed E-state index contributed by atoms with van der Waals surface area (Å²) in [5.41, 5.74) is 1.02. The predicted molar refractivity (Wildman–Crippen MR) is 86.3 cm³/mol. The van der Waals surface area contributed by atoms with Crippen molar-refractivity contribution in [2.45, 2.75) is 26.7 Å². The minimum atomic E-state index is -0.778. The van der Waals surface area contributed by atoms with Gasteiger partial charge in [-0.2, -0.15) is 0 Å². The SMILES string of the molecule is Cc1c(F)cc(C(=O)Nc2cccc(C(C)C)c2)cc1[N+](=O)[O-]. The van der Waals surface area contributed by atoms with Crippen molar-refractivity contribution in [3.63, 3.8) is 0 Å². The van der Waals surface area contributed by atoms with E-state index in [1.54, 1.807) is 6.07 Å². The van der Waals surface area contributed by atoms with Gasteiger partial charge in [-0.05, 0) is 36.6 Å². The third-order valence-corrected chi connectivity index (χ3v) is 3.59. The number of nitro groups is 1. The van der Waals surface area contributed by atoms with Gasteiger partial charge >= 0.3 is 0 Å². The van der Waals surface area contributed by atoms with Crippen LogP contribution >= 0.6 is 0 Å². The summed E-state index contributed by atoms with van der Waals surface area (Å²) in [6.07, 6.45) is 0. The first kappa shape index (κ1) is 16.6. The molecule has 0 aliphatic carbocycles. The van der Waals surface area contributed by atoms with Crippen molar-refractivity contribution in [3.8, 4) is 0 Å². The fourth-order valence-corrected chi connectivity index (χ4v) is 2.16. The van der Waals surface area contributed by atoms with Gasteiger partial charge in [0.05, 0.1) is 10.5 Å². The Morgan fingerprint density at radius 2 is 1.96 bits per heavy atom. The van der Waals surface area contributed by atoms with Crippen LogP contribution in [0.15, 0.2) is 36.4 Å². The number of anilines is 1. The lowest BCUT2D eigenvalue weighted by Crippen LogP contribution is -2.13. The average molecular weight is 316 g/mol. The maximum Gasteiger partial charge on any atom is 0.276 e. The zero-order chi connectivity index (χ0) is 17.1. The van der Waals surface area contributed by atoms with Crippen LogP contribution in [-0.2, 0) is 0 Å². The molecule has 23 heavy (non-hydrogen) atoms. The van der Waals surface area contributed by atoms with E-state index in [2.05, 4.69) is 5.32 Å². The van der Waals surface area contributed by atoms with Crippen LogP contribution < -0.4 is 5.32 Å². The van der Waals surface area contributed by atoms with Crippen molar-refractivity contribution >= 4 is 17.3 Å². The number of nitrogens with zero attached hydrogens (tertiary/aromatic N) is 1. The second kappa shape index (κ2) is 6.56.